The smallest absolute Gasteiger partial charge is 0.422 e. The minimum Gasteiger partial charge on any atom is -0.622 e. The molecule has 9 heteroatoms. The lowest BCUT2D eigenvalue weighted by Gasteiger charge is -2.41. The van der Waals surface area contributed by atoms with Gasteiger partial charge in [-0.3, -0.25) is 4.65 Å². The van der Waals surface area contributed by atoms with Crippen LogP contribution in [0, 0.1) is 5.21 Å². The van der Waals surface area contributed by atoms with E-state index in [0.29, 0.717) is 5.75 Å². The molecule has 31 heavy (non-hydrogen) atoms. The summed E-state index contributed by atoms with van der Waals surface area (Å²) in [5.41, 5.74) is -3.83. The lowest BCUT2D eigenvalue weighted by molar-refractivity contribution is -0.274. The van der Waals surface area contributed by atoms with E-state index in [0.717, 1.165) is 18.3 Å². The molecule has 0 saturated carbocycles. The fraction of sp³-hybridized carbons (Fsp3) is 0.273. The SMILES string of the molecule is C=CC[N+]1([O-])C=COc2ccc(C(O)(C(C)c3ccc(OC)cc3Cl)C(F)(F)F)cc21. The number of hydrogen-bond acceptors (Lipinski definition) is 4. The predicted molar refractivity (Wildman–Crippen MR) is 113 cm³/mol. The highest BCUT2D eigenvalue weighted by Gasteiger charge is 2.59. The summed E-state index contributed by atoms with van der Waals surface area (Å²) in [7, 11) is 1.40. The van der Waals surface area contributed by atoms with Crippen LogP contribution in [0.2, 0.25) is 5.02 Å². The van der Waals surface area contributed by atoms with Crippen LogP contribution in [-0.4, -0.2) is 24.9 Å². The number of ether oxygens (including phenoxy) is 2. The summed E-state index contributed by atoms with van der Waals surface area (Å²) >= 11 is 6.20. The molecule has 1 aliphatic rings. The number of alkyl halides is 3. The zero-order valence-corrected chi connectivity index (χ0v) is 17.6. The zero-order valence-electron chi connectivity index (χ0n) is 16.8. The van der Waals surface area contributed by atoms with E-state index < -0.39 is 27.9 Å². The van der Waals surface area contributed by atoms with Crippen molar-refractivity contribution in [3.63, 3.8) is 0 Å². The molecule has 1 N–H and O–H groups in total. The number of hydroxylamine groups is 2. The summed E-state index contributed by atoms with van der Waals surface area (Å²) in [5, 5.41) is 24.2. The molecule has 0 aromatic heterocycles. The fourth-order valence-corrected chi connectivity index (χ4v) is 3.99. The number of nitrogens with zero attached hydrogens (tertiary/aromatic N) is 1. The Morgan fingerprint density at radius 3 is 2.58 bits per heavy atom. The van der Waals surface area contributed by atoms with Gasteiger partial charge in [-0.05, 0) is 35.4 Å². The fourth-order valence-electron chi connectivity index (χ4n) is 3.65. The van der Waals surface area contributed by atoms with Crippen LogP contribution < -0.4 is 14.1 Å². The minimum absolute atomic E-state index is 0.0133. The lowest BCUT2D eigenvalue weighted by Crippen LogP contribution is -2.47. The minimum atomic E-state index is -5.08. The Bertz CT molecular complexity index is 1030. The maximum Gasteiger partial charge on any atom is 0.422 e. The van der Waals surface area contributed by atoms with Gasteiger partial charge in [0.15, 0.2) is 17.0 Å². The quantitative estimate of drug-likeness (QED) is 0.342. The number of fused-ring (bicyclic) bond motifs is 1. The van der Waals surface area contributed by atoms with Gasteiger partial charge in [-0.1, -0.05) is 37.2 Å². The van der Waals surface area contributed by atoms with E-state index in [9.17, 15) is 23.5 Å². The van der Waals surface area contributed by atoms with Crippen molar-refractivity contribution in [2.24, 2.45) is 0 Å². The van der Waals surface area contributed by atoms with E-state index >= 15 is 0 Å². The van der Waals surface area contributed by atoms with Crippen molar-refractivity contribution < 1.29 is 27.8 Å². The van der Waals surface area contributed by atoms with Crippen LogP contribution in [0.15, 0.2) is 61.5 Å². The topological polar surface area (TPSA) is 61.8 Å². The number of benzene rings is 2. The van der Waals surface area contributed by atoms with Gasteiger partial charge >= 0.3 is 6.18 Å². The first-order valence-electron chi connectivity index (χ1n) is 9.29. The highest BCUT2D eigenvalue weighted by atomic mass is 35.5. The van der Waals surface area contributed by atoms with Crippen LogP contribution in [0.25, 0.3) is 0 Å². The Morgan fingerprint density at radius 2 is 2.00 bits per heavy atom. The molecule has 2 aromatic rings. The van der Waals surface area contributed by atoms with Crippen LogP contribution in [0.4, 0.5) is 18.9 Å². The maximum atomic E-state index is 14.3. The monoisotopic (exact) mass is 455 g/mol. The van der Waals surface area contributed by atoms with Crippen LogP contribution in [-0.2, 0) is 5.60 Å². The Labute approximate surface area is 182 Å². The number of hydrogen-bond donors (Lipinski definition) is 1. The summed E-state index contributed by atoms with van der Waals surface area (Å²) in [6.45, 7) is 4.63. The molecule has 0 bridgehead atoms. The van der Waals surface area contributed by atoms with Crippen molar-refractivity contribution >= 4 is 17.3 Å². The van der Waals surface area contributed by atoms with Crippen LogP contribution in [0.1, 0.15) is 24.0 Å². The van der Waals surface area contributed by atoms with Gasteiger partial charge in [0.25, 0.3) is 0 Å². The van der Waals surface area contributed by atoms with Crippen LogP contribution in [0.5, 0.6) is 11.5 Å². The van der Waals surface area contributed by atoms with Gasteiger partial charge in [0, 0.05) is 17.0 Å². The predicted octanol–water partition coefficient (Wildman–Crippen LogP) is 5.76. The average molecular weight is 456 g/mol. The molecule has 166 valence electrons. The molecule has 2 aromatic carbocycles. The molecule has 3 atom stereocenters. The average Bonchev–Trinajstić information content (AvgIpc) is 2.72. The van der Waals surface area contributed by atoms with Crippen molar-refractivity contribution in [1.29, 1.82) is 0 Å². The van der Waals surface area contributed by atoms with Gasteiger partial charge in [0.05, 0.1) is 7.11 Å². The second-order valence-electron chi connectivity index (χ2n) is 7.23. The maximum absolute atomic E-state index is 14.3. The highest BCUT2D eigenvalue weighted by Crippen LogP contribution is 2.52. The van der Waals surface area contributed by atoms with Crippen LogP contribution in [0.3, 0.4) is 0 Å². The van der Waals surface area contributed by atoms with Crippen molar-refractivity contribution in [2.45, 2.75) is 24.6 Å². The van der Waals surface area contributed by atoms with Crippen LogP contribution >= 0.6 is 11.6 Å². The largest absolute Gasteiger partial charge is 0.622 e. The highest BCUT2D eigenvalue weighted by molar-refractivity contribution is 6.31. The molecule has 3 unspecified atom stereocenters. The second-order valence-corrected chi connectivity index (χ2v) is 7.63. The van der Waals surface area contributed by atoms with Gasteiger partial charge in [-0.25, -0.2) is 0 Å². The third-order valence-electron chi connectivity index (χ3n) is 5.44. The molecule has 0 radical (unpaired) electrons. The molecule has 0 amide bonds. The standard InChI is InChI=1S/C22H21ClF3NO4/c1-4-9-27(29)10-11-31-20-8-5-15(12-19(20)27)21(28,22(24,25)26)14(2)17-7-6-16(30-3)13-18(17)23/h4-8,10-14,28H,1,9H2,2-3H3. The third-order valence-corrected chi connectivity index (χ3v) is 5.76. The molecule has 1 aliphatic heterocycles. The van der Waals surface area contributed by atoms with Gasteiger partial charge < -0.3 is 19.8 Å². The molecule has 0 spiro atoms. The van der Waals surface area contributed by atoms with E-state index in [4.69, 9.17) is 21.1 Å². The first-order valence-corrected chi connectivity index (χ1v) is 9.67. The molecule has 5 nitrogen and oxygen atoms in total. The third kappa shape index (κ3) is 3.92. The molecule has 1 heterocycles. The second kappa shape index (κ2) is 8.20. The van der Waals surface area contributed by atoms with Crippen molar-refractivity contribution in [3.8, 4) is 11.5 Å². The molecule has 0 saturated heterocycles. The zero-order chi connectivity index (χ0) is 23.0. The molecule has 0 aliphatic carbocycles. The van der Waals surface area contributed by atoms with Gasteiger partial charge in [-0.15, -0.1) is 0 Å². The van der Waals surface area contributed by atoms with E-state index in [1.165, 1.54) is 50.6 Å². The molecule has 3 rings (SSSR count). The first-order chi connectivity index (χ1) is 14.5. The Morgan fingerprint density at radius 1 is 1.29 bits per heavy atom. The molecular formula is C22H21ClF3NO4. The van der Waals surface area contributed by atoms with E-state index in [1.807, 2.05) is 0 Å². The van der Waals surface area contributed by atoms with Crippen molar-refractivity contribution in [2.75, 3.05) is 13.7 Å². The lowest BCUT2D eigenvalue weighted by atomic mass is 9.77. The Hall–Kier alpha value is -2.52. The molecular weight excluding hydrogens is 435 g/mol. The summed E-state index contributed by atoms with van der Waals surface area (Å²) in [4.78, 5) is 0. The number of aliphatic hydroxyl groups is 1. The first kappa shape index (κ1) is 23.1. The van der Waals surface area contributed by atoms with E-state index in [1.54, 1.807) is 0 Å². The number of quaternary nitrogens is 1. The summed E-state index contributed by atoms with van der Waals surface area (Å²) in [6, 6.07) is 7.57. The number of rotatable bonds is 6. The van der Waals surface area contributed by atoms with Gasteiger partial charge in [0.2, 0.25) is 0 Å². The van der Waals surface area contributed by atoms with Crippen molar-refractivity contribution in [3.05, 3.63) is 82.9 Å². The van der Waals surface area contributed by atoms with Gasteiger partial charge in [0.1, 0.15) is 24.8 Å². The molecule has 0 fully saturated rings. The summed E-state index contributed by atoms with van der Waals surface area (Å²) in [5.74, 6) is -1.04. The van der Waals surface area contributed by atoms with Crippen molar-refractivity contribution in [1.82, 2.24) is 4.65 Å². The summed E-state index contributed by atoms with van der Waals surface area (Å²) in [6.07, 6.45) is -1.39. The Kier molecular flexibility index (Phi) is 6.12. The Balaban J connectivity index is 2.18. The summed E-state index contributed by atoms with van der Waals surface area (Å²) < 4.78 is 52.2. The van der Waals surface area contributed by atoms with E-state index in [2.05, 4.69) is 6.58 Å². The normalized spacial score (nSPS) is 20.9. The van der Waals surface area contributed by atoms with Gasteiger partial charge in [-0.2, -0.15) is 13.2 Å². The number of methoxy groups -OCH3 is 1. The number of halogens is 4. The van der Waals surface area contributed by atoms with E-state index in [-0.39, 0.29) is 28.6 Å².